The molecule has 0 unspecified atom stereocenters. The number of aromatic nitrogens is 2. The number of nitrogens with zero attached hydrogens (tertiary/aromatic N) is 2. The van der Waals surface area contributed by atoms with Gasteiger partial charge in [-0.2, -0.15) is 0 Å². The fourth-order valence-corrected chi connectivity index (χ4v) is 5.21. The standard InChI is InChI=1S/C23H18ClN3O4S2/c1-31-19-10-6-16(7-11-19)21(28)25-23-27-26-22(32-23)17-4-2-15(3-5-17)14-33(29,30)20-12-8-18(24)9-13-20/h2-13H,14H2,1H3,(H,25,27,28). The lowest BCUT2D eigenvalue weighted by Crippen LogP contribution is -2.11. The van der Waals surface area contributed by atoms with Gasteiger partial charge >= 0.3 is 0 Å². The monoisotopic (exact) mass is 499 g/mol. The average Bonchev–Trinajstić information content (AvgIpc) is 3.28. The van der Waals surface area contributed by atoms with E-state index in [0.717, 1.165) is 5.56 Å². The SMILES string of the molecule is COc1ccc(C(=O)Nc2nnc(-c3ccc(CS(=O)(=O)c4ccc(Cl)cc4)cc3)s2)cc1. The fraction of sp³-hybridized carbons (Fsp3) is 0.0870. The van der Waals surface area contributed by atoms with Crippen LogP contribution in [0, 0.1) is 0 Å². The fourth-order valence-electron chi connectivity index (χ4n) is 2.99. The summed E-state index contributed by atoms with van der Waals surface area (Å²) < 4.78 is 30.3. The van der Waals surface area contributed by atoms with Gasteiger partial charge in [-0.15, -0.1) is 10.2 Å². The van der Waals surface area contributed by atoms with Crippen LogP contribution < -0.4 is 10.1 Å². The zero-order valence-corrected chi connectivity index (χ0v) is 19.7. The molecule has 0 atom stereocenters. The Bertz CT molecular complexity index is 1370. The van der Waals surface area contributed by atoms with Gasteiger partial charge < -0.3 is 4.74 Å². The molecule has 1 amide bonds. The van der Waals surface area contributed by atoms with E-state index in [1.54, 1.807) is 67.8 Å². The minimum Gasteiger partial charge on any atom is -0.497 e. The molecule has 0 aliphatic carbocycles. The van der Waals surface area contributed by atoms with Crippen LogP contribution in [0.15, 0.2) is 77.7 Å². The van der Waals surface area contributed by atoms with E-state index in [1.807, 2.05) is 0 Å². The van der Waals surface area contributed by atoms with Crippen LogP contribution in [-0.2, 0) is 15.6 Å². The van der Waals surface area contributed by atoms with Crippen LogP contribution in [0.25, 0.3) is 10.6 Å². The normalized spacial score (nSPS) is 11.2. The molecule has 10 heteroatoms. The second kappa shape index (κ2) is 9.70. The van der Waals surface area contributed by atoms with Gasteiger partial charge in [0.25, 0.3) is 5.91 Å². The summed E-state index contributed by atoms with van der Waals surface area (Å²) in [5, 5.41) is 12.3. The summed E-state index contributed by atoms with van der Waals surface area (Å²) in [5.74, 6) is 0.228. The molecule has 1 aromatic heterocycles. The predicted molar refractivity (Wildman–Crippen MR) is 129 cm³/mol. The van der Waals surface area contributed by atoms with Gasteiger partial charge in [-0.1, -0.05) is 47.2 Å². The van der Waals surface area contributed by atoms with Gasteiger partial charge in [0.2, 0.25) is 5.13 Å². The second-order valence-corrected chi connectivity index (χ2v) is 10.4. The molecule has 0 aliphatic rings. The Morgan fingerprint density at radius 1 is 0.970 bits per heavy atom. The number of nitrogens with one attached hydrogen (secondary N) is 1. The third kappa shape index (κ3) is 5.57. The first-order chi connectivity index (χ1) is 15.8. The molecule has 3 aromatic carbocycles. The summed E-state index contributed by atoms with van der Waals surface area (Å²) in [6, 6.07) is 19.9. The van der Waals surface area contributed by atoms with E-state index in [1.165, 1.54) is 23.5 Å². The lowest BCUT2D eigenvalue weighted by molar-refractivity contribution is 0.102. The predicted octanol–water partition coefficient (Wildman–Crippen LogP) is 5.09. The van der Waals surface area contributed by atoms with Crippen LogP contribution in [0.2, 0.25) is 5.02 Å². The molecule has 0 radical (unpaired) electrons. The summed E-state index contributed by atoms with van der Waals surface area (Å²) in [6.45, 7) is 0. The maximum atomic E-state index is 12.6. The highest BCUT2D eigenvalue weighted by atomic mass is 35.5. The molecular formula is C23H18ClN3O4S2. The highest BCUT2D eigenvalue weighted by molar-refractivity contribution is 7.90. The van der Waals surface area contributed by atoms with Crippen LogP contribution in [0.5, 0.6) is 5.75 Å². The molecular weight excluding hydrogens is 482 g/mol. The number of carbonyl (C=O) groups is 1. The van der Waals surface area contributed by atoms with E-state index in [0.29, 0.717) is 32.0 Å². The van der Waals surface area contributed by atoms with E-state index in [2.05, 4.69) is 15.5 Å². The number of anilines is 1. The number of ether oxygens (including phenoxy) is 1. The summed E-state index contributed by atoms with van der Waals surface area (Å²) in [6.07, 6.45) is 0. The molecule has 0 saturated carbocycles. The zero-order chi connectivity index (χ0) is 23.4. The summed E-state index contributed by atoms with van der Waals surface area (Å²) >= 11 is 7.06. The molecule has 168 valence electrons. The van der Waals surface area contributed by atoms with Crippen LogP contribution in [0.4, 0.5) is 5.13 Å². The van der Waals surface area contributed by atoms with E-state index in [-0.39, 0.29) is 16.6 Å². The molecule has 7 nitrogen and oxygen atoms in total. The van der Waals surface area contributed by atoms with Crippen LogP contribution in [0.1, 0.15) is 15.9 Å². The van der Waals surface area contributed by atoms with Crippen molar-refractivity contribution in [2.75, 3.05) is 12.4 Å². The summed E-state index contributed by atoms with van der Waals surface area (Å²) in [5.41, 5.74) is 1.88. The number of benzene rings is 3. The van der Waals surface area contributed by atoms with Crippen LogP contribution in [0.3, 0.4) is 0 Å². The van der Waals surface area contributed by atoms with Crippen LogP contribution >= 0.6 is 22.9 Å². The van der Waals surface area contributed by atoms with E-state index < -0.39 is 9.84 Å². The molecule has 1 heterocycles. The van der Waals surface area contributed by atoms with E-state index in [4.69, 9.17) is 16.3 Å². The van der Waals surface area contributed by atoms with Gasteiger partial charge in [-0.25, -0.2) is 8.42 Å². The second-order valence-electron chi connectivity index (χ2n) is 7.00. The Kier molecular flexibility index (Phi) is 6.73. The first-order valence-corrected chi connectivity index (χ1v) is 12.6. The number of halogens is 1. The van der Waals surface area contributed by atoms with Crippen molar-refractivity contribution >= 4 is 43.8 Å². The van der Waals surface area contributed by atoms with Crippen LogP contribution in [-0.4, -0.2) is 31.6 Å². The van der Waals surface area contributed by atoms with Crippen molar-refractivity contribution in [3.8, 4) is 16.3 Å². The third-order valence-electron chi connectivity index (χ3n) is 4.73. The van der Waals surface area contributed by atoms with Gasteiger partial charge in [-0.3, -0.25) is 10.1 Å². The third-order valence-corrected chi connectivity index (χ3v) is 7.57. The van der Waals surface area contributed by atoms with E-state index in [9.17, 15) is 13.2 Å². The van der Waals surface area contributed by atoms with Crippen molar-refractivity contribution in [3.05, 3.63) is 88.9 Å². The minimum absolute atomic E-state index is 0.131. The highest BCUT2D eigenvalue weighted by Crippen LogP contribution is 2.28. The molecule has 0 bridgehead atoms. The number of hydrogen-bond donors (Lipinski definition) is 1. The Morgan fingerprint density at radius 2 is 1.64 bits per heavy atom. The number of methoxy groups -OCH3 is 1. The highest BCUT2D eigenvalue weighted by Gasteiger charge is 2.16. The number of sulfone groups is 1. The number of carbonyl (C=O) groups excluding carboxylic acids is 1. The largest absolute Gasteiger partial charge is 0.497 e. The summed E-state index contributed by atoms with van der Waals surface area (Å²) in [4.78, 5) is 12.6. The van der Waals surface area contributed by atoms with E-state index >= 15 is 0 Å². The quantitative estimate of drug-likeness (QED) is 0.380. The van der Waals surface area contributed by atoms with Gasteiger partial charge in [0.1, 0.15) is 10.8 Å². The molecule has 0 saturated heterocycles. The molecule has 0 aliphatic heterocycles. The molecule has 0 spiro atoms. The number of rotatable bonds is 7. The Labute approximate surface area is 199 Å². The molecule has 0 fully saturated rings. The smallest absolute Gasteiger partial charge is 0.257 e. The molecule has 4 aromatic rings. The van der Waals surface area contributed by atoms with Gasteiger partial charge in [-0.05, 0) is 54.1 Å². The van der Waals surface area contributed by atoms with Gasteiger partial charge in [0.15, 0.2) is 9.84 Å². The molecule has 1 N–H and O–H groups in total. The van der Waals surface area contributed by atoms with Crippen molar-refractivity contribution in [3.63, 3.8) is 0 Å². The Hall–Kier alpha value is -3.27. The van der Waals surface area contributed by atoms with Gasteiger partial charge in [0.05, 0.1) is 17.8 Å². The lowest BCUT2D eigenvalue weighted by Gasteiger charge is -2.05. The van der Waals surface area contributed by atoms with Crippen molar-refractivity contribution in [2.24, 2.45) is 0 Å². The number of hydrogen-bond acceptors (Lipinski definition) is 7. The average molecular weight is 500 g/mol. The Balaban J connectivity index is 1.43. The maximum absolute atomic E-state index is 12.6. The summed E-state index contributed by atoms with van der Waals surface area (Å²) in [7, 11) is -1.93. The van der Waals surface area contributed by atoms with Crippen molar-refractivity contribution in [1.82, 2.24) is 10.2 Å². The first-order valence-electron chi connectivity index (χ1n) is 9.70. The minimum atomic E-state index is -3.49. The zero-order valence-electron chi connectivity index (χ0n) is 17.4. The van der Waals surface area contributed by atoms with Crippen molar-refractivity contribution in [1.29, 1.82) is 0 Å². The topological polar surface area (TPSA) is 98.2 Å². The Morgan fingerprint density at radius 3 is 2.27 bits per heavy atom. The first kappa shape index (κ1) is 22.9. The lowest BCUT2D eigenvalue weighted by atomic mass is 10.2. The molecule has 4 rings (SSSR count). The maximum Gasteiger partial charge on any atom is 0.257 e. The molecule has 33 heavy (non-hydrogen) atoms. The van der Waals surface area contributed by atoms with Crippen molar-refractivity contribution < 1.29 is 17.9 Å². The number of amides is 1. The van der Waals surface area contributed by atoms with Gasteiger partial charge in [0, 0.05) is 16.1 Å². The van der Waals surface area contributed by atoms with Crippen molar-refractivity contribution in [2.45, 2.75) is 10.6 Å².